The summed E-state index contributed by atoms with van der Waals surface area (Å²) in [5, 5.41) is 3.56. The molecule has 0 spiro atoms. The van der Waals surface area contributed by atoms with Crippen molar-refractivity contribution in [3.63, 3.8) is 0 Å². The lowest BCUT2D eigenvalue weighted by Gasteiger charge is -2.34. The predicted molar refractivity (Wildman–Crippen MR) is 141 cm³/mol. The minimum absolute atomic E-state index is 0.0482. The Hall–Kier alpha value is -2.57. The quantitative estimate of drug-likeness (QED) is 0.584. The van der Waals surface area contributed by atoms with Crippen molar-refractivity contribution in [3.05, 3.63) is 23.4 Å². The van der Waals surface area contributed by atoms with E-state index in [9.17, 15) is 9.00 Å². The van der Waals surface area contributed by atoms with Crippen LogP contribution in [0.5, 0.6) is 0 Å². The van der Waals surface area contributed by atoms with E-state index in [4.69, 9.17) is 24.4 Å². The smallest absolute Gasteiger partial charge is 0.274 e. The Labute approximate surface area is 224 Å². The molecule has 0 radical (unpaired) electrons. The predicted octanol–water partition coefficient (Wildman–Crippen LogP) is 1.73. The molecule has 11 nitrogen and oxygen atoms in total. The zero-order valence-electron chi connectivity index (χ0n) is 21.6. The van der Waals surface area contributed by atoms with E-state index < -0.39 is 10.8 Å². The molecule has 7 rings (SSSR count). The maximum atomic E-state index is 13.6. The molecule has 1 amide bonds. The Morgan fingerprint density at radius 1 is 0.974 bits per heavy atom. The van der Waals surface area contributed by atoms with Crippen LogP contribution < -0.4 is 10.2 Å². The molecule has 1 unspecified atom stereocenters. The average molecular weight is 542 g/mol. The van der Waals surface area contributed by atoms with E-state index in [1.807, 2.05) is 6.20 Å². The number of imidazole rings is 1. The number of ether oxygens (including phenoxy) is 2. The normalized spacial score (nSPS) is 24.2. The average Bonchev–Trinajstić information content (AvgIpc) is 3.56. The van der Waals surface area contributed by atoms with Gasteiger partial charge in [0, 0.05) is 76.0 Å². The van der Waals surface area contributed by atoms with Crippen LogP contribution in [0.25, 0.3) is 0 Å². The Balaban J connectivity index is 1.12. The lowest BCUT2D eigenvalue weighted by molar-refractivity contribution is 0.0264. The Morgan fingerprint density at radius 3 is 2.47 bits per heavy atom. The molecule has 1 saturated carbocycles. The second-order valence-electron chi connectivity index (χ2n) is 10.9. The number of nitrogens with one attached hydrogen (secondary N) is 1. The zero-order chi connectivity index (χ0) is 25.6. The van der Waals surface area contributed by atoms with Crippen molar-refractivity contribution in [1.29, 1.82) is 0 Å². The van der Waals surface area contributed by atoms with Crippen LogP contribution in [0.4, 0.5) is 11.8 Å². The summed E-state index contributed by atoms with van der Waals surface area (Å²) in [7, 11) is -1.07. The number of aromatic nitrogens is 4. The fourth-order valence-corrected chi connectivity index (χ4v) is 7.38. The van der Waals surface area contributed by atoms with Crippen LogP contribution in [0.2, 0.25) is 0 Å². The van der Waals surface area contributed by atoms with Gasteiger partial charge in [0.05, 0.1) is 23.0 Å². The topological polar surface area (TPSA) is 115 Å². The van der Waals surface area contributed by atoms with E-state index in [1.54, 1.807) is 0 Å². The van der Waals surface area contributed by atoms with Crippen LogP contribution in [-0.2, 0) is 39.8 Å². The van der Waals surface area contributed by atoms with Gasteiger partial charge in [-0.05, 0) is 38.5 Å². The van der Waals surface area contributed by atoms with Gasteiger partial charge in [-0.1, -0.05) is 0 Å². The van der Waals surface area contributed by atoms with Crippen LogP contribution in [0.15, 0.2) is 11.1 Å². The summed E-state index contributed by atoms with van der Waals surface area (Å²) < 4.78 is 25.9. The lowest BCUT2D eigenvalue weighted by Crippen LogP contribution is -2.45. The van der Waals surface area contributed by atoms with Crippen molar-refractivity contribution in [2.45, 2.75) is 81.1 Å². The molecule has 2 aromatic heterocycles. The lowest BCUT2D eigenvalue weighted by atomic mass is 10.1. The first-order valence-corrected chi connectivity index (χ1v) is 15.3. The van der Waals surface area contributed by atoms with Crippen LogP contribution in [0.1, 0.15) is 60.5 Å². The number of carbonyl (C=O) groups excluding carboxylic acids is 1. The van der Waals surface area contributed by atoms with Gasteiger partial charge in [0.1, 0.15) is 22.2 Å². The van der Waals surface area contributed by atoms with Crippen molar-refractivity contribution in [2.75, 3.05) is 48.9 Å². The first-order valence-electron chi connectivity index (χ1n) is 14.0. The number of hydrogen-bond acceptors (Lipinski definition) is 9. The summed E-state index contributed by atoms with van der Waals surface area (Å²) in [4.78, 5) is 33.2. The molecule has 2 saturated heterocycles. The molecular weight excluding hydrogens is 506 g/mol. The van der Waals surface area contributed by atoms with Crippen LogP contribution >= 0.6 is 0 Å². The number of aryl methyl sites for hydroxylation is 1. The Morgan fingerprint density at radius 2 is 1.71 bits per heavy atom. The third-order valence-electron chi connectivity index (χ3n) is 8.30. The third-order valence-corrected chi connectivity index (χ3v) is 9.76. The maximum Gasteiger partial charge on any atom is 0.274 e. The number of fused-ring (bicyclic) bond motifs is 2. The Bertz CT molecular complexity index is 1240. The van der Waals surface area contributed by atoms with Crippen molar-refractivity contribution in [2.24, 2.45) is 0 Å². The molecule has 3 fully saturated rings. The van der Waals surface area contributed by atoms with Crippen molar-refractivity contribution in [3.8, 4) is 0 Å². The van der Waals surface area contributed by atoms with E-state index in [-0.39, 0.29) is 18.0 Å². The van der Waals surface area contributed by atoms with Gasteiger partial charge in [0.2, 0.25) is 5.95 Å². The standard InChI is InChI=1S/C26H35N7O4S/c34-25(33(18-1-2-18)19-5-12-37-13-6-19)21-15-31-8-9-32(16-22(31)28-21)26-29-20-7-14-38(35)23(20)24(30-26)27-17-3-10-36-11-4-17/h15,17-19H,1-14,16H2,(H,27,29,30). The summed E-state index contributed by atoms with van der Waals surface area (Å²) in [6, 6.07) is 0.839. The van der Waals surface area contributed by atoms with E-state index in [2.05, 4.69) is 19.7 Å². The summed E-state index contributed by atoms with van der Waals surface area (Å²) in [6.45, 7) is 4.86. The molecule has 1 aliphatic carbocycles. The van der Waals surface area contributed by atoms with Gasteiger partial charge in [-0.3, -0.25) is 9.00 Å². The fraction of sp³-hybridized carbons (Fsp3) is 0.692. The molecule has 38 heavy (non-hydrogen) atoms. The van der Waals surface area contributed by atoms with Gasteiger partial charge in [0.15, 0.2) is 0 Å². The first-order chi connectivity index (χ1) is 18.6. The maximum absolute atomic E-state index is 13.6. The molecule has 1 atom stereocenters. The molecule has 1 N–H and O–H groups in total. The molecule has 12 heteroatoms. The van der Waals surface area contributed by atoms with E-state index in [0.29, 0.717) is 48.8 Å². The highest BCUT2D eigenvalue weighted by atomic mass is 32.2. The van der Waals surface area contributed by atoms with Crippen molar-refractivity contribution >= 4 is 28.5 Å². The van der Waals surface area contributed by atoms with E-state index >= 15 is 0 Å². The molecule has 204 valence electrons. The molecule has 6 heterocycles. The molecular formula is C26H35N7O4S. The second-order valence-corrected chi connectivity index (χ2v) is 12.4. The number of amides is 1. The second kappa shape index (κ2) is 10.2. The number of rotatable bonds is 6. The summed E-state index contributed by atoms with van der Waals surface area (Å²) in [5.41, 5.74) is 1.41. The molecule has 4 aliphatic heterocycles. The van der Waals surface area contributed by atoms with Crippen LogP contribution in [0, 0.1) is 0 Å². The van der Waals surface area contributed by atoms with Crippen LogP contribution in [0.3, 0.4) is 0 Å². The minimum atomic E-state index is -1.07. The largest absolute Gasteiger partial charge is 0.381 e. The first kappa shape index (κ1) is 24.5. The van der Waals surface area contributed by atoms with Gasteiger partial charge in [0.25, 0.3) is 5.91 Å². The minimum Gasteiger partial charge on any atom is -0.381 e. The SMILES string of the molecule is O=C(c1cn2c(n1)CN(c1nc3c(c(NC4CCOCC4)n1)S(=O)CC3)CC2)N(C1CCOCC1)C1CC1. The summed E-state index contributed by atoms with van der Waals surface area (Å²) in [5.74, 6) is 2.84. The number of nitrogens with zero attached hydrogens (tertiary/aromatic N) is 6. The van der Waals surface area contributed by atoms with Gasteiger partial charge in [-0.2, -0.15) is 4.98 Å². The van der Waals surface area contributed by atoms with Crippen molar-refractivity contribution < 1.29 is 18.5 Å². The Kier molecular flexibility index (Phi) is 6.57. The monoisotopic (exact) mass is 541 g/mol. The molecule has 0 bridgehead atoms. The molecule has 0 aromatic carbocycles. The van der Waals surface area contributed by atoms with Gasteiger partial charge >= 0.3 is 0 Å². The third kappa shape index (κ3) is 4.71. The number of hydrogen-bond donors (Lipinski definition) is 1. The summed E-state index contributed by atoms with van der Waals surface area (Å²) in [6.07, 6.45) is 8.39. The number of carbonyl (C=O) groups is 1. The highest BCUT2D eigenvalue weighted by Gasteiger charge is 2.39. The highest BCUT2D eigenvalue weighted by Crippen LogP contribution is 2.34. The van der Waals surface area contributed by atoms with Gasteiger partial charge in [-0.15, -0.1) is 0 Å². The van der Waals surface area contributed by atoms with Crippen LogP contribution in [-0.4, -0.2) is 91.4 Å². The van der Waals surface area contributed by atoms with E-state index in [1.165, 1.54) is 0 Å². The fourth-order valence-electron chi connectivity index (χ4n) is 6.06. The highest BCUT2D eigenvalue weighted by molar-refractivity contribution is 7.85. The van der Waals surface area contributed by atoms with Gasteiger partial charge < -0.3 is 29.2 Å². The summed E-state index contributed by atoms with van der Waals surface area (Å²) >= 11 is 0. The van der Waals surface area contributed by atoms with Crippen molar-refractivity contribution in [1.82, 2.24) is 24.4 Å². The van der Waals surface area contributed by atoms with Gasteiger partial charge in [-0.25, -0.2) is 9.97 Å². The molecule has 5 aliphatic rings. The zero-order valence-corrected chi connectivity index (χ0v) is 22.5. The van der Waals surface area contributed by atoms with E-state index in [0.717, 1.165) is 87.9 Å². The number of anilines is 2. The molecule has 2 aromatic rings.